The summed E-state index contributed by atoms with van der Waals surface area (Å²) in [5.41, 5.74) is -0.190. The van der Waals surface area contributed by atoms with Gasteiger partial charge in [-0.2, -0.15) is 0 Å². The zero-order valence-electron chi connectivity index (χ0n) is 13.3. The lowest BCUT2D eigenvalue weighted by atomic mass is 9.92. The van der Waals surface area contributed by atoms with Crippen molar-refractivity contribution in [3.8, 4) is 5.75 Å². The minimum Gasteiger partial charge on any atom is -0.497 e. The van der Waals surface area contributed by atoms with Crippen LogP contribution in [0.15, 0.2) is 24.3 Å². The maximum absolute atomic E-state index is 12.9. The van der Waals surface area contributed by atoms with Crippen LogP contribution in [-0.2, 0) is 9.59 Å². The van der Waals surface area contributed by atoms with E-state index in [0.717, 1.165) is 17.7 Å². The van der Waals surface area contributed by atoms with E-state index in [4.69, 9.17) is 4.74 Å². The van der Waals surface area contributed by atoms with E-state index in [0.29, 0.717) is 19.4 Å². The highest BCUT2D eigenvalue weighted by Crippen LogP contribution is 2.34. The molecule has 0 aliphatic carbocycles. The largest absolute Gasteiger partial charge is 0.497 e. The first-order chi connectivity index (χ1) is 10.4. The van der Waals surface area contributed by atoms with Gasteiger partial charge in [-0.3, -0.25) is 4.79 Å². The molecule has 0 saturated carbocycles. The molecule has 22 heavy (non-hydrogen) atoms. The molecule has 1 amide bonds. The van der Waals surface area contributed by atoms with Crippen LogP contribution in [0.4, 0.5) is 0 Å². The third kappa shape index (κ3) is 2.80. The number of ether oxygens (including phenoxy) is 1. The summed E-state index contributed by atoms with van der Waals surface area (Å²) in [5, 5.41) is 9.47. The molecule has 1 aromatic carbocycles. The van der Waals surface area contributed by atoms with Crippen LogP contribution >= 0.6 is 0 Å². The van der Waals surface area contributed by atoms with E-state index in [2.05, 4.69) is 0 Å². The highest BCUT2D eigenvalue weighted by molar-refractivity contribution is 5.91. The number of hydrogen-bond acceptors (Lipinski definition) is 3. The second-order valence-corrected chi connectivity index (χ2v) is 5.91. The molecule has 1 aliphatic rings. The maximum atomic E-state index is 12.9. The number of rotatable bonds is 5. The van der Waals surface area contributed by atoms with Crippen LogP contribution in [0.1, 0.15) is 44.6 Å². The summed E-state index contributed by atoms with van der Waals surface area (Å²) < 4.78 is 5.13. The predicted octanol–water partition coefficient (Wildman–Crippen LogP) is 2.65. The number of carbonyl (C=O) groups is 2. The predicted molar refractivity (Wildman–Crippen MR) is 83.0 cm³/mol. The minimum atomic E-state index is -1.09. The molecule has 0 bridgehead atoms. The molecule has 0 spiro atoms. The molecule has 0 aromatic heterocycles. The van der Waals surface area contributed by atoms with Crippen molar-refractivity contribution >= 4 is 11.9 Å². The second-order valence-electron chi connectivity index (χ2n) is 5.91. The van der Waals surface area contributed by atoms with Crippen molar-refractivity contribution in [3.05, 3.63) is 29.8 Å². The van der Waals surface area contributed by atoms with Crippen molar-refractivity contribution in [2.24, 2.45) is 0 Å². The normalized spacial score (nSPS) is 22.4. The second kappa shape index (κ2) is 6.38. The number of carboxylic acids is 1. The smallest absolute Gasteiger partial charge is 0.329 e. The van der Waals surface area contributed by atoms with E-state index in [1.54, 1.807) is 14.0 Å². The first kappa shape index (κ1) is 16.3. The van der Waals surface area contributed by atoms with E-state index in [-0.39, 0.29) is 11.8 Å². The van der Waals surface area contributed by atoms with Gasteiger partial charge < -0.3 is 14.7 Å². The van der Waals surface area contributed by atoms with Gasteiger partial charge in [0.25, 0.3) is 0 Å². The van der Waals surface area contributed by atoms with Crippen LogP contribution in [0.2, 0.25) is 0 Å². The Kier molecular flexibility index (Phi) is 4.74. The average Bonchev–Trinajstić information content (AvgIpc) is 2.92. The quantitative estimate of drug-likeness (QED) is 0.908. The standard InChI is InChI=1S/C17H23NO4/c1-4-14(12-6-8-13(22-3)9-7-12)15(19)18-11-5-10-17(18,2)16(20)21/h6-9,14H,4-5,10-11H2,1-3H3,(H,20,21). The molecule has 1 aromatic rings. The summed E-state index contributed by atoms with van der Waals surface area (Å²) in [6.45, 7) is 4.09. The topological polar surface area (TPSA) is 66.8 Å². The molecule has 1 aliphatic heterocycles. The molecule has 5 heteroatoms. The van der Waals surface area contributed by atoms with Crippen molar-refractivity contribution in [3.63, 3.8) is 0 Å². The molecule has 1 fully saturated rings. The number of amides is 1. The molecule has 0 radical (unpaired) electrons. The zero-order chi connectivity index (χ0) is 16.3. The summed E-state index contributed by atoms with van der Waals surface area (Å²) in [5.74, 6) is -0.608. The van der Waals surface area contributed by atoms with Gasteiger partial charge in [0, 0.05) is 6.54 Å². The first-order valence-electron chi connectivity index (χ1n) is 7.63. The van der Waals surface area contributed by atoms with Gasteiger partial charge in [0.15, 0.2) is 0 Å². The Morgan fingerprint density at radius 2 is 2.00 bits per heavy atom. The third-order valence-electron chi connectivity index (χ3n) is 4.59. The Labute approximate surface area is 130 Å². The van der Waals surface area contributed by atoms with E-state index in [1.165, 1.54) is 4.90 Å². The molecule has 120 valence electrons. The summed E-state index contributed by atoms with van der Waals surface area (Å²) in [6.07, 6.45) is 1.87. The van der Waals surface area contributed by atoms with E-state index in [1.807, 2.05) is 31.2 Å². The number of benzene rings is 1. The molecule has 1 heterocycles. The number of methoxy groups -OCH3 is 1. The monoisotopic (exact) mass is 305 g/mol. The Morgan fingerprint density at radius 3 is 2.50 bits per heavy atom. The lowest BCUT2D eigenvalue weighted by Gasteiger charge is -2.34. The lowest BCUT2D eigenvalue weighted by Crippen LogP contribution is -2.52. The molecular formula is C17H23NO4. The van der Waals surface area contributed by atoms with Crippen molar-refractivity contribution in [1.82, 2.24) is 4.90 Å². The Balaban J connectivity index is 2.26. The number of nitrogens with zero attached hydrogens (tertiary/aromatic N) is 1. The van der Waals surface area contributed by atoms with Gasteiger partial charge in [-0.05, 0) is 43.9 Å². The van der Waals surface area contributed by atoms with Crippen molar-refractivity contribution < 1.29 is 19.4 Å². The van der Waals surface area contributed by atoms with E-state index < -0.39 is 11.5 Å². The summed E-state index contributed by atoms with van der Waals surface area (Å²) in [7, 11) is 1.60. The third-order valence-corrected chi connectivity index (χ3v) is 4.59. The van der Waals surface area contributed by atoms with Gasteiger partial charge in [-0.25, -0.2) is 4.79 Å². The summed E-state index contributed by atoms with van der Waals surface area (Å²) >= 11 is 0. The summed E-state index contributed by atoms with van der Waals surface area (Å²) in [6, 6.07) is 7.40. The molecule has 1 saturated heterocycles. The number of likely N-dealkylation sites (tertiary alicyclic amines) is 1. The molecule has 2 unspecified atom stereocenters. The van der Waals surface area contributed by atoms with Crippen molar-refractivity contribution in [2.45, 2.75) is 44.6 Å². The number of carboxylic acid groups (broad SMARTS) is 1. The van der Waals surface area contributed by atoms with Crippen LogP contribution < -0.4 is 4.74 Å². The average molecular weight is 305 g/mol. The fraction of sp³-hybridized carbons (Fsp3) is 0.529. The van der Waals surface area contributed by atoms with Crippen molar-refractivity contribution in [2.75, 3.05) is 13.7 Å². The minimum absolute atomic E-state index is 0.102. The van der Waals surface area contributed by atoms with Crippen LogP contribution in [0.5, 0.6) is 5.75 Å². The summed E-state index contributed by atoms with van der Waals surface area (Å²) in [4.78, 5) is 26.0. The Morgan fingerprint density at radius 1 is 1.36 bits per heavy atom. The SMILES string of the molecule is CCC(C(=O)N1CCCC1(C)C(=O)O)c1ccc(OC)cc1. The highest BCUT2D eigenvalue weighted by Gasteiger charge is 2.47. The molecule has 2 rings (SSSR count). The Hall–Kier alpha value is -2.04. The van der Waals surface area contributed by atoms with Gasteiger partial charge >= 0.3 is 5.97 Å². The molecule has 1 N–H and O–H groups in total. The van der Waals surface area contributed by atoms with Crippen LogP contribution in [-0.4, -0.2) is 41.1 Å². The maximum Gasteiger partial charge on any atom is 0.329 e. The lowest BCUT2D eigenvalue weighted by molar-refractivity contribution is -0.156. The Bertz CT molecular complexity index is 554. The molecule has 2 atom stereocenters. The van der Waals surface area contributed by atoms with Crippen LogP contribution in [0.3, 0.4) is 0 Å². The van der Waals surface area contributed by atoms with Gasteiger partial charge in [-0.1, -0.05) is 19.1 Å². The molecule has 5 nitrogen and oxygen atoms in total. The highest BCUT2D eigenvalue weighted by atomic mass is 16.5. The van der Waals surface area contributed by atoms with Gasteiger partial charge in [0.2, 0.25) is 5.91 Å². The van der Waals surface area contributed by atoms with Gasteiger partial charge in [0.1, 0.15) is 11.3 Å². The first-order valence-corrected chi connectivity index (χ1v) is 7.63. The van der Waals surface area contributed by atoms with E-state index in [9.17, 15) is 14.7 Å². The number of hydrogen-bond donors (Lipinski definition) is 1. The number of carbonyl (C=O) groups excluding carboxylic acids is 1. The van der Waals surface area contributed by atoms with Gasteiger partial charge in [-0.15, -0.1) is 0 Å². The van der Waals surface area contributed by atoms with Crippen molar-refractivity contribution in [1.29, 1.82) is 0 Å². The van der Waals surface area contributed by atoms with E-state index >= 15 is 0 Å². The van der Waals surface area contributed by atoms with Crippen LogP contribution in [0.25, 0.3) is 0 Å². The van der Waals surface area contributed by atoms with Crippen LogP contribution in [0, 0.1) is 0 Å². The number of aliphatic carboxylic acids is 1. The van der Waals surface area contributed by atoms with Gasteiger partial charge in [0.05, 0.1) is 13.0 Å². The molecular weight excluding hydrogens is 282 g/mol. The zero-order valence-corrected chi connectivity index (χ0v) is 13.3. The fourth-order valence-electron chi connectivity index (χ4n) is 3.12. The fourth-order valence-corrected chi connectivity index (χ4v) is 3.12.